The first-order chi connectivity index (χ1) is 13.8. The molecular formula is C20H23F3N2O2S2. The van der Waals surface area contributed by atoms with Gasteiger partial charge in [0.05, 0.1) is 22.3 Å². The Labute approximate surface area is 175 Å². The van der Waals surface area contributed by atoms with Gasteiger partial charge in [-0.05, 0) is 55.9 Å². The molecule has 2 fully saturated rings. The Balaban J connectivity index is 1.73. The molecule has 2 aliphatic rings. The third-order valence-electron chi connectivity index (χ3n) is 5.67. The maximum Gasteiger partial charge on any atom is 0.417 e. The first kappa shape index (κ1) is 20.9. The number of hydrogen-bond acceptors (Lipinski definition) is 5. The van der Waals surface area contributed by atoms with E-state index in [-0.39, 0.29) is 27.6 Å². The van der Waals surface area contributed by atoms with Crippen molar-refractivity contribution in [1.82, 2.24) is 4.98 Å². The summed E-state index contributed by atoms with van der Waals surface area (Å²) in [4.78, 5) is 16.2. The van der Waals surface area contributed by atoms with Gasteiger partial charge in [0, 0.05) is 28.7 Å². The average molecular weight is 445 g/mol. The zero-order chi connectivity index (χ0) is 20.8. The summed E-state index contributed by atoms with van der Waals surface area (Å²) in [5.74, 6) is 2.05. The molecule has 0 saturated carbocycles. The Morgan fingerprint density at radius 3 is 2.62 bits per heavy atom. The fraction of sp³-hybridized carbons (Fsp3) is 0.550. The van der Waals surface area contributed by atoms with Crippen molar-refractivity contribution in [3.05, 3.63) is 40.2 Å². The van der Waals surface area contributed by atoms with Gasteiger partial charge in [0.2, 0.25) is 5.56 Å². The van der Waals surface area contributed by atoms with Crippen molar-refractivity contribution in [2.75, 3.05) is 16.4 Å². The third-order valence-corrected chi connectivity index (χ3v) is 8.75. The summed E-state index contributed by atoms with van der Waals surface area (Å²) in [7, 11) is 0. The van der Waals surface area contributed by atoms with Crippen LogP contribution in [0.5, 0.6) is 0 Å². The number of halogens is 3. The van der Waals surface area contributed by atoms with Crippen molar-refractivity contribution in [1.29, 1.82) is 0 Å². The van der Waals surface area contributed by atoms with Gasteiger partial charge >= 0.3 is 6.18 Å². The van der Waals surface area contributed by atoms with E-state index >= 15 is 0 Å². The molecule has 2 aromatic rings. The van der Waals surface area contributed by atoms with Crippen LogP contribution in [-0.4, -0.2) is 44.4 Å². The molecular weight excluding hydrogens is 421 g/mol. The molecule has 2 saturated heterocycles. The number of fused-ring (bicyclic) bond motifs is 1. The minimum absolute atomic E-state index is 0.0247. The first-order valence-electron chi connectivity index (χ1n) is 9.69. The molecule has 0 aliphatic carbocycles. The van der Waals surface area contributed by atoms with E-state index in [4.69, 9.17) is 0 Å². The van der Waals surface area contributed by atoms with Crippen LogP contribution < -0.4 is 10.5 Å². The van der Waals surface area contributed by atoms with E-state index in [9.17, 15) is 23.1 Å². The van der Waals surface area contributed by atoms with Crippen molar-refractivity contribution in [3.63, 3.8) is 0 Å². The summed E-state index contributed by atoms with van der Waals surface area (Å²) in [6.07, 6.45) is -2.36. The van der Waals surface area contributed by atoms with Crippen LogP contribution in [0.4, 0.5) is 18.9 Å². The van der Waals surface area contributed by atoms with E-state index < -0.39 is 23.4 Å². The van der Waals surface area contributed by atoms with Gasteiger partial charge in [-0.3, -0.25) is 4.79 Å². The van der Waals surface area contributed by atoms with E-state index in [2.05, 4.69) is 9.88 Å². The van der Waals surface area contributed by atoms with Crippen molar-refractivity contribution >= 4 is 40.1 Å². The van der Waals surface area contributed by atoms with Crippen molar-refractivity contribution in [2.24, 2.45) is 0 Å². The monoisotopic (exact) mass is 444 g/mol. The largest absolute Gasteiger partial charge is 0.417 e. The highest BCUT2D eigenvalue weighted by molar-refractivity contribution is 8.17. The summed E-state index contributed by atoms with van der Waals surface area (Å²) in [6, 6.07) is 5.35. The Kier molecular flexibility index (Phi) is 5.83. The fourth-order valence-electron chi connectivity index (χ4n) is 4.32. The molecule has 3 heterocycles. The number of anilines is 1. The number of thioether (sulfide) groups is 2. The molecule has 0 radical (unpaired) electrons. The molecule has 29 heavy (non-hydrogen) atoms. The maximum absolute atomic E-state index is 13.5. The predicted molar refractivity (Wildman–Crippen MR) is 114 cm³/mol. The number of aromatic amines is 1. The molecule has 4 rings (SSSR count). The fourth-order valence-corrected chi connectivity index (χ4v) is 7.31. The number of nitrogens with one attached hydrogen (secondary N) is 1. The van der Waals surface area contributed by atoms with Gasteiger partial charge in [0.15, 0.2) is 0 Å². The van der Waals surface area contributed by atoms with Gasteiger partial charge < -0.3 is 15.0 Å². The van der Waals surface area contributed by atoms with Crippen LogP contribution >= 0.6 is 23.5 Å². The van der Waals surface area contributed by atoms with Crippen LogP contribution in [-0.2, 0) is 6.18 Å². The van der Waals surface area contributed by atoms with Crippen molar-refractivity contribution < 1.29 is 18.3 Å². The van der Waals surface area contributed by atoms with Gasteiger partial charge in [-0.15, -0.1) is 23.5 Å². The SMILES string of the molecule is CC1CCC(C(O)C2SCCCS2)N1c1ccc2[nH]c(=O)cc(C(F)(F)F)c2c1. The lowest BCUT2D eigenvalue weighted by atomic mass is 10.1. The minimum Gasteiger partial charge on any atom is -0.389 e. The van der Waals surface area contributed by atoms with E-state index in [0.717, 1.165) is 30.8 Å². The second-order valence-corrected chi connectivity index (χ2v) is 10.4. The van der Waals surface area contributed by atoms with Crippen LogP contribution in [0, 0.1) is 0 Å². The Hall–Kier alpha value is -1.32. The van der Waals surface area contributed by atoms with E-state index in [1.54, 1.807) is 29.6 Å². The summed E-state index contributed by atoms with van der Waals surface area (Å²) in [6.45, 7) is 2.04. The van der Waals surface area contributed by atoms with Crippen LogP contribution in [0.25, 0.3) is 10.9 Å². The summed E-state index contributed by atoms with van der Waals surface area (Å²) < 4.78 is 40.6. The van der Waals surface area contributed by atoms with E-state index in [1.807, 2.05) is 6.92 Å². The zero-order valence-electron chi connectivity index (χ0n) is 15.9. The number of pyridine rings is 1. The average Bonchev–Trinajstić information content (AvgIpc) is 3.07. The van der Waals surface area contributed by atoms with Crippen LogP contribution in [0.1, 0.15) is 31.7 Å². The van der Waals surface area contributed by atoms with E-state index in [1.165, 1.54) is 12.1 Å². The smallest absolute Gasteiger partial charge is 0.389 e. The molecule has 0 bridgehead atoms. The number of aliphatic hydroxyl groups excluding tert-OH is 1. The minimum atomic E-state index is -4.62. The molecule has 3 atom stereocenters. The molecule has 158 valence electrons. The lowest BCUT2D eigenvalue weighted by Gasteiger charge is -2.37. The number of alkyl halides is 3. The number of hydrogen-bond donors (Lipinski definition) is 2. The van der Waals surface area contributed by atoms with Crippen LogP contribution in [0.15, 0.2) is 29.1 Å². The second-order valence-electron chi connectivity index (χ2n) is 7.63. The quantitative estimate of drug-likeness (QED) is 0.732. The molecule has 0 spiro atoms. The van der Waals surface area contributed by atoms with Gasteiger partial charge in [0.25, 0.3) is 0 Å². The Morgan fingerprint density at radius 1 is 1.21 bits per heavy atom. The number of nitrogens with zero attached hydrogens (tertiary/aromatic N) is 1. The number of aromatic nitrogens is 1. The number of rotatable bonds is 3. The third kappa shape index (κ3) is 4.14. The summed E-state index contributed by atoms with van der Waals surface area (Å²) >= 11 is 3.53. The molecule has 2 aliphatic heterocycles. The summed E-state index contributed by atoms with van der Waals surface area (Å²) in [5.41, 5.74) is -0.891. The van der Waals surface area contributed by atoms with Gasteiger partial charge in [0.1, 0.15) is 0 Å². The topological polar surface area (TPSA) is 56.3 Å². The second kappa shape index (κ2) is 8.07. The van der Waals surface area contributed by atoms with Crippen LogP contribution in [0.3, 0.4) is 0 Å². The molecule has 3 unspecified atom stereocenters. The number of H-pyrrole nitrogens is 1. The maximum atomic E-state index is 13.5. The highest BCUT2D eigenvalue weighted by Crippen LogP contribution is 2.41. The molecule has 2 N–H and O–H groups in total. The van der Waals surface area contributed by atoms with Crippen LogP contribution in [0.2, 0.25) is 0 Å². The highest BCUT2D eigenvalue weighted by atomic mass is 32.2. The molecule has 0 amide bonds. The van der Waals surface area contributed by atoms with Crippen molar-refractivity contribution in [2.45, 2.75) is 55.1 Å². The Morgan fingerprint density at radius 2 is 1.93 bits per heavy atom. The first-order valence-corrected chi connectivity index (χ1v) is 11.8. The van der Waals surface area contributed by atoms with Gasteiger partial charge in [-0.1, -0.05) is 0 Å². The molecule has 1 aromatic carbocycles. The van der Waals surface area contributed by atoms with Gasteiger partial charge in [-0.2, -0.15) is 13.2 Å². The predicted octanol–water partition coefficient (Wildman–Crippen LogP) is 4.46. The zero-order valence-corrected chi connectivity index (χ0v) is 17.5. The van der Waals surface area contributed by atoms with E-state index in [0.29, 0.717) is 11.8 Å². The molecule has 9 heteroatoms. The highest BCUT2D eigenvalue weighted by Gasteiger charge is 2.40. The normalized spacial score (nSPS) is 24.9. The number of benzene rings is 1. The number of aliphatic hydroxyl groups is 1. The lowest BCUT2D eigenvalue weighted by Crippen LogP contribution is -2.46. The lowest BCUT2D eigenvalue weighted by molar-refractivity contribution is -0.136. The summed E-state index contributed by atoms with van der Waals surface area (Å²) in [5, 5.41) is 11.0. The molecule has 1 aromatic heterocycles. The standard InChI is InChI=1S/C20H23F3N2O2S2/c1-11-3-6-16(18(27)19-28-7-2-8-29-19)25(11)12-4-5-15-13(9-12)14(20(21,22)23)10-17(26)24-15/h4-5,9-11,16,18-19,27H,2-3,6-8H2,1H3,(H,24,26). The Bertz CT molecular complexity index is 943. The van der Waals surface area contributed by atoms with Gasteiger partial charge in [-0.25, -0.2) is 0 Å². The van der Waals surface area contributed by atoms with Crippen molar-refractivity contribution in [3.8, 4) is 0 Å². The molecule has 4 nitrogen and oxygen atoms in total.